The third-order valence-corrected chi connectivity index (χ3v) is 5.66. The van der Waals surface area contributed by atoms with Crippen molar-refractivity contribution in [2.75, 3.05) is 23.6 Å². The largest absolute Gasteiger partial charge is 0.497 e. The first-order valence-electron chi connectivity index (χ1n) is 8.76. The maximum absolute atomic E-state index is 12.2. The fourth-order valence-corrected chi connectivity index (χ4v) is 3.21. The Morgan fingerprint density at radius 1 is 1.11 bits per heavy atom. The van der Waals surface area contributed by atoms with Gasteiger partial charge in [0.05, 0.1) is 18.2 Å². The quantitative estimate of drug-likeness (QED) is 0.481. The fraction of sp³-hybridized carbons (Fsp3) is 0.238. The summed E-state index contributed by atoms with van der Waals surface area (Å²) in [4.78, 5) is 16.8. The second kappa shape index (κ2) is 8.63. The summed E-state index contributed by atoms with van der Waals surface area (Å²) in [5.41, 5.74) is 2.92. The van der Waals surface area contributed by atoms with Crippen LogP contribution in [-0.4, -0.2) is 23.9 Å². The zero-order valence-corrected chi connectivity index (χ0v) is 17.5. The number of thiazole rings is 1. The number of amides is 1. The molecule has 7 heteroatoms. The molecule has 0 spiro atoms. The number of aromatic nitrogens is 1. The number of benzene rings is 2. The van der Waals surface area contributed by atoms with Gasteiger partial charge in [-0.25, -0.2) is 4.98 Å². The van der Waals surface area contributed by atoms with Gasteiger partial charge in [-0.15, -0.1) is 22.9 Å². The summed E-state index contributed by atoms with van der Waals surface area (Å²) >= 11 is 7.39. The van der Waals surface area contributed by atoms with Gasteiger partial charge in [0.2, 0.25) is 5.91 Å². The Labute approximate surface area is 173 Å². The van der Waals surface area contributed by atoms with Crippen LogP contribution in [-0.2, 0) is 4.79 Å². The highest BCUT2D eigenvalue weighted by molar-refractivity contribution is 7.14. The first-order valence-corrected chi connectivity index (χ1v) is 10.2. The van der Waals surface area contributed by atoms with Gasteiger partial charge in [0.1, 0.15) is 5.75 Å². The summed E-state index contributed by atoms with van der Waals surface area (Å²) in [5.74, 6) is 0.974. The molecule has 0 aliphatic rings. The lowest BCUT2D eigenvalue weighted by atomic mass is 9.95. The number of rotatable bonds is 7. The van der Waals surface area contributed by atoms with Crippen molar-refractivity contribution in [2.45, 2.75) is 13.8 Å². The minimum absolute atomic E-state index is 0.102. The molecule has 146 valence electrons. The molecule has 1 aromatic heterocycles. The zero-order chi connectivity index (χ0) is 20.1. The number of hydrogen-bond donors (Lipinski definition) is 2. The maximum atomic E-state index is 12.2. The molecular weight excluding hydrogens is 394 g/mol. The van der Waals surface area contributed by atoms with Crippen LogP contribution in [0.3, 0.4) is 0 Å². The molecule has 28 heavy (non-hydrogen) atoms. The van der Waals surface area contributed by atoms with E-state index >= 15 is 0 Å². The number of ether oxygens (including phenoxy) is 1. The highest BCUT2D eigenvalue weighted by atomic mass is 35.5. The van der Waals surface area contributed by atoms with Crippen molar-refractivity contribution in [2.24, 2.45) is 5.41 Å². The molecule has 1 heterocycles. The minimum atomic E-state index is -0.614. The molecule has 2 N–H and O–H groups in total. The van der Waals surface area contributed by atoms with Crippen LogP contribution in [0.15, 0.2) is 53.9 Å². The predicted molar refractivity (Wildman–Crippen MR) is 117 cm³/mol. The lowest BCUT2D eigenvalue weighted by Crippen LogP contribution is -2.32. The highest BCUT2D eigenvalue weighted by Gasteiger charge is 2.26. The summed E-state index contributed by atoms with van der Waals surface area (Å²) in [6, 6.07) is 15.3. The standard InChI is InChI=1S/C21H22ClN3O2S/c1-21(2,13-22)19(26)23-15-6-4-14(5-7-15)18-12-28-20(25-18)24-16-8-10-17(27-3)11-9-16/h4-12H,13H2,1-3H3,(H,23,26)(H,24,25). The molecule has 0 atom stereocenters. The van der Waals surface area contributed by atoms with Crippen LogP contribution in [0.5, 0.6) is 5.75 Å². The number of carbonyl (C=O) groups excluding carboxylic acids is 1. The van der Waals surface area contributed by atoms with E-state index in [9.17, 15) is 4.79 Å². The number of methoxy groups -OCH3 is 1. The molecule has 0 saturated heterocycles. The Balaban J connectivity index is 1.66. The van der Waals surface area contributed by atoms with Crippen LogP contribution in [0, 0.1) is 5.41 Å². The number of halogens is 1. The fourth-order valence-electron chi connectivity index (χ4n) is 2.35. The van der Waals surface area contributed by atoms with Gasteiger partial charge in [-0.1, -0.05) is 12.1 Å². The van der Waals surface area contributed by atoms with Crippen molar-refractivity contribution in [3.05, 3.63) is 53.9 Å². The zero-order valence-electron chi connectivity index (χ0n) is 16.0. The van der Waals surface area contributed by atoms with Crippen molar-refractivity contribution >= 4 is 45.4 Å². The Morgan fingerprint density at radius 3 is 2.36 bits per heavy atom. The Hall–Kier alpha value is -2.57. The Bertz CT molecular complexity index is 937. The van der Waals surface area contributed by atoms with Gasteiger partial charge in [0.25, 0.3) is 0 Å². The summed E-state index contributed by atoms with van der Waals surface area (Å²) in [6.45, 7) is 3.63. The monoisotopic (exact) mass is 415 g/mol. The SMILES string of the molecule is COc1ccc(Nc2nc(-c3ccc(NC(=O)C(C)(C)CCl)cc3)cs2)cc1. The molecule has 0 saturated carbocycles. The summed E-state index contributed by atoms with van der Waals surface area (Å²) < 4.78 is 5.17. The third-order valence-electron chi connectivity index (χ3n) is 4.23. The molecule has 0 bridgehead atoms. The molecule has 0 aliphatic carbocycles. The number of hydrogen-bond acceptors (Lipinski definition) is 5. The van der Waals surface area contributed by atoms with Gasteiger partial charge in [-0.05, 0) is 50.2 Å². The van der Waals surface area contributed by atoms with Crippen molar-refractivity contribution in [1.82, 2.24) is 4.98 Å². The Morgan fingerprint density at radius 2 is 1.75 bits per heavy atom. The van der Waals surface area contributed by atoms with E-state index in [4.69, 9.17) is 16.3 Å². The molecule has 5 nitrogen and oxygen atoms in total. The van der Waals surface area contributed by atoms with Crippen LogP contribution in [0.1, 0.15) is 13.8 Å². The van der Waals surface area contributed by atoms with Crippen LogP contribution < -0.4 is 15.4 Å². The van der Waals surface area contributed by atoms with Crippen LogP contribution in [0.25, 0.3) is 11.3 Å². The molecule has 2 aromatic carbocycles. The molecule has 1 amide bonds. The van der Waals surface area contributed by atoms with Crippen molar-refractivity contribution in [1.29, 1.82) is 0 Å². The van der Waals surface area contributed by atoms with E-state index in [1.54, 1.807) is 7.11 Å². The van der Waals surface area contributed by atoms with Gasteiger partial charge in [-0.3, -0.25) is 4.79 Å². The molecule has 3 rings (SSSR count). The highest BCUT2D eigenvalue weighted by Crippen LogP contribution is 2.29. The van der Waals surface area contributed by atoms with Gasteiger partial charge in [0, 0.05) is 28.2 Å². The molecule has 0 unspecified atom stereocenters. The summed E-state index contributed by atoms with van der Waals surface area (Å²) in [7, 11) is 1.64. The smallest absolute Gasteiger partial charge is 0.231 e. The number of nitrogens with one attached hydrogen (secondary N) is 2. The second-order valence-electron chi connectivity index (χ2n) is 6.94. The third kappa shape index (κ3) is 4.82. The van der Waals surface area contributed by atoms with Crippen LogP contribution >= 0.6 is 22.9 Å². The number of nitrogens with zero attached hydrogens (tertiary/aromatic N) is 1. The van der Waals surface area contributed by atoms with E-state index < -0.39 is 5.41 Å². The molecule has 0 fully saturated rings. The molecule has 0 aliphatic heterocycles. The molecule has 0 radical (unpaired) electrons. The number of alkyl halides is 1. The molecule has 3 aromatic rings. The normalized spacial score (nSPS) is 11.1. The molecular formula is C21H22ClN3O2S. The maximum Gasteiger partial charge on any atom is 0.231 e. The lowest BCUT2D eigenvalue weighted by Gasteiger charge is -2.20. The summed E-state index contributed by atoms with van der Waals surface area (Å²) in [5, 5.41) is 8.99. The number of carbonyl (C=O) groups is 1. The van der Waals surface area contributed by atoms with E-state index in [0.717, 1.165) is 33.5 Å². The van der Waals surface area contributed by atoms with Crippen molar-refractivity contribution in [3.63, 3.8) is 0 Å². The first kappa shape index (κ1) is 20.2. The number of anilines is 3. The van der Waals surface area contributed by atoms with Crippen LogP contribution in [0.4, 0.5) is 16.5 Å². The van der Waals surface area contributed by atoms with Gasteiger partial charge < -0.3 is 15.4 Å². The van der Waals surface area contributed by atoms with Gasteiger partial charge in [0.15, 0.2) is 5.13 Å². The van der Waals surface area contributed by atoms with E-state index in [-0.39, 0.29) is 11.8 Å². The van der Waals surface area contributed by atoms with Crippen molar-refractivity contribution < 1.29 is 9.53 Å². The van der Waals surface area contributed by atoms with Gasteiger partial charge in [-0.2, -0.15) is 0 Å². The summed E-state index contributed by atoms with van der Waals surface area (Å²) in [6.07, 6.45) is 0. The van der Waals surface area contributed by atoms with E-state index in [1.165, 1.54) is 11.3 Å². The average molecular weight is 416 g/mol. The van der Waals surface area contributed by atoms with E-state index in [0.29, 0.717) is 0 Å². The van der Waals surface area contributed by atoms with Crippen molar-refractivity contribution in [3.8, 4) is 17.0 Å². The average Bonchev–Trinajstić information content (AvgIpc) is 3.17. The van der Waals surface area contributed by atoms with Gasteiger partial charge >= 0.3 is 0 Å². The Kier molecular flexibility index (Phi) is 6.21. The van der Waals surface area contributed by atoms with E-state index in [2.05, 4.69) is 15.6 Å². The second-order valence-corrected chi connectivity index (χ2v) is 8.07. The minimum Gasteiger partial charge on any atom is -0.497 e. The van der Waals surface area contributed by atoms with E-state index in [1.807, 2.05) is 67.8 Å². The predicted octanol–water partition coefficient (Wildman–Crippen LogP) is 5.77. The first-order chi connectivity index (χ1) is 13.4. The lowest BCUT2D eigenvalue weighted by molar-refractivity contribution is -0.122. The topological polar surface area (TPSA) is 63.2 Å². The van der Waals surface area contributed by atoms with Crippen LogP contribution in [0.2, 0.25) is 0 Å².